The second-order valence-electron chi connectivity index (χ2n) is 4.17. The van der Waals surface area contributed by atoms with Gasteiger partial charge in [-0.25, -0.2) is 0 Å². The zero-order valence-corrected chi connectivity index (χ0v) is 11.0. The fourth-order valence-corrected chi connectivity index (χ4v) is 1.68. The molecule has 0 aliphatic rings. The van der Waals surface area contributed by atoms with E-state index in [2.05, 4.69) is 38.6 Å². The molecule has 3 heteroatoms. The normalized spacial score (nSPS) is 10.6. The van der Waals surface area contributed by atoms with Crippen molar-refractivity contribution in [2.45, 2.75) is 26.2 Å². The van der Waals surface area contributed by atoms with Gasteiger partial charge in [-0.05, 0) is 29.4 Å². The molecule has 0 unspecified atom stereocenters. The SMILES string of the molecule is CC(C)c1ccc(N(C)C(=O)CCS)cc1. The standard InChI is InChI=1S/C13H19NOS/c1-10(2)11-4-6-12(7-5-11)14(3)13(15)8-9-16/h4-7,10,16H,8-9H2,1-3H3. The maximum Gasteiger partial charge on any atom is 0.227 e. The summed E-state index contributed by atoms with van der Waals surface area (Å²) in [6, 6.07) is 8.13. The van der Waals surface area contributed by atoms with E-state index >= 15 is 0 Å². The highest BCUT2D eigenvalue weighted by Crippen LogP contribution is 2.19. The summed E-state index contributed by atoms with van der Waals surface area (Å²) in [6.07, 6.45) is 0.478. The topological polar surface area (TPSA) is 20.3 Å². The minimum atomic E-state index is 0.104. The van der Waals surface area contributed by atoms with E-state index in [0.29, 0.717) is 18.1 Å². The largest absolute Gasteiger partial charge is 0.315 e. The Bertz CT molecular complexity index is 345. The van der Waals surface area contributed by atoms with Gasteiger partial charge in [-0.15, -0.1) is 0 Å². The molecule has 0 bridgehead atoms. The van der Waals surface area contributed by atoms with E-state index in [1.54, 1.807) is 11.9 Å². The monoisotopic (exact) mass is 237 g/mol. The van der Waals surface area contributed by atoms with Crippen LogP contribution in [-0.2, 0) is 4.79 Å². The molecule has 0 saturated heterocycles. The number of carbonyl (C=O) groups excluding carboxylic acids is 1. The first-order chi connectivity index (χ1) is 7.56. The third kappa shape index (κ3) is 3.27. The van der Waals surface area contributed by atoms with Crippen LogP contribution in [0.5, 0.6) is 0 Å². The van der Waals surface area contributed by atoms with Gasteiger partial charge >= 0.3 is 0 Å². The molecule has 0 saturated carbocycles. The molecule has 1 aromatic carbocycles. The summed E-state index contributed by atoms with van der Waals surface area (Å²) in [5.41, 5.74) is 2.23. The van der Waals surface area contributed by atoms with Gasteiger partial charge in [-0.3, -0.25) is 4.79 Å². The van der Waals surface area contributed by atoms with E-state index < -0.39 is 0 Å². The lowest BCUT2D eigenvalue weighted by Crippen LogP contribution is -2.26. The summed E-state index contributed by atoms with van der Waals surface area (Å²) < 4.78 is 0. The molecule has 88 valence electrons. The molecule has 0 heterocycles. The van der Waals surface area contributed by atoms with E-state index in [4.69, 9.17) is 0 Å². The Morgan fingerprint density at radius 1 is 1.31 bits per heavy atom. The molecule has 0 aliphatic carbocycles. The van der Waals surface area contributed by atoms with E-state index in [9.17, 15) is 4.79 Å². The molecule has 0 N–H and O–H groups in total. The van der Waals surface area contributed by atoms with Gasteiger partial charge in [0.25, 0.3) is 0 Å². The first kappa shape index (κ1) is 13.1. The highest BCUT2D eigenvalue weighted by atomic mass is 32.1. The molecule has 0 radical (unpaired) electrons. The highest BCUT2D eigenvalue weighted by molar-refractivity contribution is 7.80. The van der Waals surface area contributed by atoms with Crippen molar-refractivity contribution in [2.24, 2.45) is 0 Å². The number of nitrogens with zero attached hydrogens (tertiary/aromatic N) is 1. The Morgan fingerprint density at radius 3 is 2.31 bits per heavy atom. The van der Waals surface area contributed by atoms with Crippen LogP contribution in [0.1, 0.15) is 31.7 Å². The zero-order chi connectivity index (χ0) is 12.1. The van der Waals surface area contributed by atoms with E-state index in [1.165, 1.54) is 5.56 Å². The number of hydrogen-bond acceptors (Lipinski definition) is 2. The van der Waals surface area contributed by atoms with Crippen molar-refractivity contribution in [3.05, 3.63) is 29.8 Å². The van der Waals surface area contributed by atoms with Crippen molar-refractivity contribution < 1.29 is 4.79 Å². The van der Waals surface area contributed by atoms with Crippen LogP contribution in [-0.4, -0.2) is 18.7 Å². The summed E-state index contributed by atoms with van der Waals surface area (Å²) in [4.78, 5) is 13.3. The van der Waals surface area contributed by atoms with Crippen LogP contribution < -0.4 is 4.90 Å². The van der Waals surface area contributed by atoms with Crippen LogP contribution in [0.15, 0.2) is 24.3 Å². The molecule has 0 fully saturated rings. The minimum absolute atomic E-state index is 0.104. The first-order valence-corrected chi connectivity index (χ1v) is 6.17. The van der Waals surface area contributed by atoms with Crippen LogP contribution in [0.4, 0.5) is 5.69 Å². The lowest BCUT2D eigenvalue weighted by atomic mass is 10.0. The molecule has 0 aliphatic heterocycles. The summed E-state index contributed by atoms with van der Waals surface area (Å²) >= 11 is 4.06. The first-order valence-electron chi connectivity index (χ1n) is 5.53. The van der Waals surface area contributed by atoms with Gasteiger partial charge in [0.1, 0.15) is 0 Å². The van der Waals surface area contributed by atoms with Crippen molar-refractivity contribution in [1.82, 2.24) is 0 Å². The van der Waals surface area contributed by atoms with Crippen molar-refractivity contribution in [3.8, 4) is 0 Å². The van der Waals surface area contributed by atoms with Crippen LogP contribution >= 0.6 is 12.6 Å². The molecule has 16 heavy (non-hydrogen) atoms. The van der Waals surface area contributed by atoms with Crippen molar-refractivity contribution in [2.75, 3.05) is 17.7 Å². The number of benzene rings is 1. The molecule has 0 aromatic heterocycles. The van der Waals surface area contributed by atoms with Crippen molar-refractivity contribution in [1.29, 1.82) is 0 Å². The second-order valence-corrected chi connectivity index (χ2v) is 4.62. The molecule has 0 spiro atoms. The van der Waals surface area contributed by atoms with Crippen LogP contribution in [0.2, 0.25) is 0 Å². The Hall–Kier alpha value is -0.960. The average Bonchev–Trinajstić information content (AvgIpc) is 2.28. The third-order valence-corrected chi connectivity index (χ3v) is 2.87. The number of hydrogen-bond donors (Lipinski definition) is 1. The van der Waals surface area contributed by atoms with Crippen LogP contribution in [0, 0.1) is 0 Å². The smallest absolute Gasteiger partial charge is 0.227 e. The number of anilines is 1. The number of carbonyl (C=O) groups is 1. The third-order valence-electron chi connectivity index (χ3n) is 2.65. The van der Waals surface area contributed by atoms with Gasteiger partial charge in [0, 0.05) is 19.2 Å². The minimum Gasteiger partial charge on any atom is -0.315 e. The summed E-state index contributed by atoms with van der Waals surface area (Å²) in [7, 11) is 1.80. The fraction of sp³-hybridized carbons (Fsp3) is 0.462. The van der Waals surface area contributed by atoms with Crippen molar-refractivity contribution >= 4 is 24.2 Å². The van der Waals surface area contributed by atoms with Crippen LogP contribution in [0.3, 0.4) is 0 Å². The van der Waals surface area contributed by atoms with E-state index in [1.807, 2.05) is 12.1 Å². The van der Waals surface area contributed by atoms with Gasteiger partial charge in [0.2, 0.25) is 5.91 Å². The van der Waals surface area contributed by atoms with Crippen molar-refractivity contribution in [3.63, 3.8) is 0 Å². The Balaban J connectivity index is 2.77. The predicted octanol–water partition coefficient (Wildman–Crippen LogP) is 3.09. The molecule has 0 atom stereocenters. The molecule has 1 amide bonds. The molecular weight excluding hydrogens is 218 g/mol. The lowest BCUT2D eigenvalue weighted by Gasteiger charge is -2.17. The number of amides is 1. The maximum absolute atomic E-state index is 11.6. The molecule has 2 nitrogen and oxygen atoms in total. The average molecular weight is 237 g/mol. The molecular formula is C13H19NOS. The van der Waals surface area contributed by atoms with Gasteiger partial charge < -0.3 is 4.90 Å². The Labute approximate surface area is 103 Å². The van der Waals surface area contributed by atoms with Gasteiger partial charge in [-0.2, -0.15) is 12.6 Å². The Kier molecular flexibility index (Phi) is 4.87. The van der Waals surface area contributed by atoms with Gasteiger partial charge in [0.15, 0.2) is 0 Å². The van der Waals surface area contributed by atoms with Gasteiger partial charge in [0.05, 0.1) is 0 Å². The van der Waals surface area contributed by atoms with E-state index in [0.717, 1.165) is 5.69 Å². The zero-order valence-electron chi connectivity index (χ0n) is 10.1. The fourth-order valence-electron chi connectivity index (χ4n) is 1.49. The second kappa shape index (κ2) is 5.94. The molecule has 1 rings (SSSR count). The molecule has 1 aromatic rings. The predicted molar refractivity (Wildman–Crippen MR) is 72.4 cm³/mol. The quantitative estimate of drug-likeness (QED) is 0.798. The van der Waals surface area contributed by atoms with E-state index in [-0.39, 0.29) is 5.91 Å². The number of rotatable bonds is 4. The summed E-state index contributed by atoms with van der Waals surface area (Å²) in [5, 5.41) is 0. The summed E-state index contributed by atoms with van der Waals surface area (Å²) in [5.74, 6) is 1.22. The summed E-state index contributed by atoms with van der Waals surface area (Å²) in [6.45, 7) is 4.32. The van der Waals surface area contributed by atoms with Gasteiger partial charge in [-0.1, -0.05) is 26.0 Å². The maximum atomic E-state index is 11.6. The number of thiol groups is 1. The Morgan fingerprint density at radius 2 is 1.88 bits per heavy atom. The van der Waals surface area contributed by atoms with Crippen LogP contribution in [0.25, 0.3) is 0 Å². The highest BCUT2D eigenvalue weighted by Gasteiger charge is 2.09. The lowest BCUT2D eigenvalue weighted by molar-refractivity contribution is -0.117.